The van der Waals surface area contributed by atoms with Gasteiger partial charge in [0.1, 0.15) is 0 Å². The van der Waals surface area contributed by atoms with Gasteiger partial charge in [-0.2, -0.15) is 0 Å². The van der Waals surface area contributed by atoms with Crippen LogP contribution in [0.4, 0.5) is 5.69 Å². The van der Waals surface area contributed by atoms with E-state index in [0.717, 1.165) is 19.7 Å². The molecule has 0 atom stereocenters. The number of benzene rings is 3. The van der Waals surface area contributed by atoms with Crippen LogP contribution < -0.4 is 10.6 Å². The lowest BCUT2D eigenvalue weighted by molar-refractivity contribution is 0.0979. The van der Waals surface area contributed by atoms with Crippen LogP contribution in [0, 0.1) is 0 Å². The van der Waals surface area contributed by atoms with E-state index in [1.807, 2.05) is 36.4 Å². The highest BCUT2D eigenvalue weighted by Crippen LogP contribution is 2.27. The molecule has 0 fully saturated rings. The first-order valence-corrected chi connectivity index (χ1v) is 9.57. The Kier molecular flexibility index (Phi) is 5.74. The van der Waals surface area contributed by atoms with Gasteiger partial charge in [-0.1, -0.05) is 67.7 Å². The van der Waals surface area contributed by atoms with Gasteiger partial charge in [-0.05, 0) is 53.3 Å². The van der Waals surface area contributed by atoms with E-state index in [-0.39, 0.29) is 11.0 Å². The predicted octanol–water partition coefficient (Wildman–Crippen LogP) is 6.15. The molecule has 0 aliphatic heterocycles. The summed E-state index contributed by atoms with van der Waals surface area (Å²) < 4.78 is 1.79. The minimum Gasteiger partial charge on any atom is -0.331 e. The third kappa shape index (κ3) is 4.20. The van der Waals surface area contributed by atoms with Gasteiger partial charge in [0.05, 0.1) is 10.7 Å². The predicted molar refractivity (Wildman–Crippen MR) is 114 cm³/mol. The molecule has 0 spiro atoms. The SMILES string of the molecule is O=C(NC(=S)Nc1ccc(Br)cc1Cl)c1cccc2c(Br)cccc12. The molecular formula is C18H11Br2ClN2OS. The lowest BCUT2D eigenvalue weighted by atomic mass is 10.0. The molecule has 3 rings (SSSR count). The topological polar surface area (TPSA) is 41.1 Å². The van der Waals surface area contributed by atoms with Crippen LogP contribution in [0.25, 0.3) is 10.8 Å². The number of carbonyl (C=O) groups excluding carboxylic acids is 1. The normalized spacial score (nSPS) is 10.5. The number of hydrogen-bond donors (Lipinski definition) is 2. The number of halogens is 3. The summed E-state index contributed by atoms with van der Waals surface area (Å²) >= 11 is 18.2. The van der Waals surface area contributed by atoms with Gasteiger partial charge in [-0.3, -0.25) is 10.1 Å². The molecule has 0 radical (unpaired) electrons. The lowest BCUT2D eigenvalue weighted by Gasteiger charge is -2.12. The van der Waals surface area contributed by atoms with Crippen molar-refractivity contribution in [2.24, 2.45) is 0 Å². The van der Waals surface area contributed by atoms with Crippen molar-refractivity contribution in [1.29, 1.82) is 0 Å². The number of rotatable bonds is 2. The van der Waals surface area contributed by atoms with Gasteiger partial charge in [0.25, 0.3) is 5.91 Å². The zero-order valence-corrected chi connectivity index (χ0v) is 17.4. The molecular weight excluding hydrogens is 488 g/mol. The third-order valence-corrected chi connectivity index (χ3v) is 5.22. The van der Waals surface area contributed by atoms with Crippen LogP contribution in [0.5, 0.6) is 0 Å². The number of nitrogens with one attached hydrogen (secondary N) is 2. The summed E-state index contributed by atoms with van der Waals surface area (Å²) in [6.45, 7) is 0. The van der Waals surface area contributed by atoms with Crippen LogP contribution in [0.2, 0.25) is 5.02 Å². The first kappa shape index (κ1) is 18.3. The van der Waals surface area contributed by atoms with E-state index in [9.17, 15) is 4.79 Å². The maximum absolute atomic E-state index is 12.6. The molecule has 0 saturated carbocycles. The number of anilines is 1. The van der Waals surface area contributed by atoms with Crippen molar-refractivity contribution < 1.29 is 4.79 Å². The lowest BCUT2D eigenvalue weighted by Crippen LogP contribution is -2.34. The van der Waals surface area contributed by atoms with Crippen molar-refractivity contribution in [2.75, 3.05) is 5.32 Å². The van der Waals surface area contributed by atoms with Crippen LogP contribution >= 0.6 is 55.7 Å². The van der Waals surface area contributed by atoms with Crippen LogP contribution in [-0.2, 0) is 0 Å². The smallest absolute Gasteiger partial charge is 0.258 e. The van der Waals surface area contributed by atoms with Crippen molar-refractivity contribution in [2.45, 2.75) is 0 Å². The first-order chi connectivity index (χ1) is 12.0. The average molecular weight is 499 g/mol. The summed E-state index contributed by atoms with van der Waals surface area (Å²) in [5, 5.41) is 8.12. The molecule has 25 heavy (non-hydrogen) atoms. The molecule has 126 valence electrons. The van der Waals surface area contributed by atoms with E-state index in [0.29, 0.717) is 16.3 Å². The molecule has 0 unspecified atom stereocenters. The minimum absolute atomic E-state index is 0.182. The fourth-order valence-electron chi connectivity index (χ4n) is 2.38. The van der Waals surface area contributed by atoms with Gasteiger partial charge in [0.15, 0.2) is 5.11 Å². The second-order valence-electron chi connectivity index (χ2n) is 5.17. The molecule has 3 aromatic carbocycles. The summed E-state index contributed by atoms with van der Waals surface area (Å²) in [5.41, 5.74) is 1.17. The molecule has 7 heteroatoms. The zero-order chi connectivity index (χ0) is 18.0. The van der Waals surface area contributed by atoms with Gasteiger partial charge in [-0.15, -0.1) is 0 Å². The summed E-state index contributed by atoms with van der Waals surface area (Å²) in [5.74, 6) is -0.283. The van der Waals surface area contributed by atoms with Gasteiger partial charge in [-0.25, -0.2) is 0 Å². The number of hydrogen-bond acceptors (Lipinski definition) is 2. The Morgan fingerprint density at radius 3 is 2.48 bits per heavy atom. The summed E-state index contributed by atoms with van der Waals surface area (Å²) in [6, 6.07) is 16.6. The summed E-state index contributed by atoms with van der Waals surface area (Å²) in [6.07, 6.45) is 0. The van der Waals surface area contributed by atoms with Crippen LogP contribution in [0.15, 0.2) is 63.5 Å². The molecule has 3 aromatic rings. The van der Waals surface area contributed by atoms with Crippen LogP contribution in [-0.4, -0.2) is 11.0 Å². The number of carbonyl (C=O) groups is 1. The first-order valence-electron chi connectivity index (χ1n) is 7.20. The monoisotopic (exact) mass is 496 g/mol. The summed E-state index contributed by atoms with van der Waals surface area (Å²) in [7, 11) is 0. The van der Waals surface area contributed by atoms with Gasteiger partial charge in [0.2, 0.25) is 0 Å². The largest absolute Gasteiger partial charge is 0.331 e. The summed E-state index contributed by atoms with van der Waals surface area (Å²) in [4.78, 5) is 12.6. The van der Waals surface area contributed by atoms with E-state index in [2.05, 4.69) is 42.5 Å². The van der Waals surface area contributed by atoms with Crippen LogP contribution in [0.1, 0.15) is 10.4 Å². The van der Waals surface area contributed by atoms with Gasteiger partial charge >= 0.3 is 0 Å². The number of fused-ring (bicyclic) bond motifs is 1. The second kappa shape index (κ2) is 7.83. The van der Waals surface area contributed by atoms with Crippen molar-refractivity contribution in [1.82, 2.24) is 5.32 Å². The van der Waals surface area contributed by atoms with E-state index >= 15 is 0 Å². The van der Waals surface area contributed by atoms with E-state index in [1.165, 1.54) is 0 Å². The molecule has 0 aromatic heterocycles. The average Bonchev–Trinajstić information content (AvgIpc) is 2.57. The quantitative estimate of drug-likeness (QED) is 0.417. The van der Waals surface area contributed by atoms with Gasteiger partial charge in [0, 0.05) is 14.5 Å². The fraction of sp³-hybridized carbons (Fsp3) is 0. The molecule has 2 N–H and O–H groups in total. The highest BCUT2D eigenvalue weighted by atomic mass is 79.9. The van der Waals surface area contributed by atoms with Gasteiger partial charge < -0.3 is 5.32 Å². The van der Waals surface area contributed by atoms with Crippen molar-refractivity contribution >= 4 is 83.2 Å². The van der Waals surface area contributed by atoms with E-state index in [4.69, 9.17) is 23.8 Å². The highest BCUT2D eigenvalue weighted by Gasteiger charge is 2.13. The van der Waals surface area contributed by atoms with E-state index in [1.54, 1.807) is 18.2 Å². The molecule has 1 amide bonds. The molecule has 0 heterocycles. The maximum atomic E-state index is 12.6. The molecule has 0 aliphatic carbocycles. The third-order valence-electron chi connectivity index (χ3n) is 3.52. The number of amides is 1. The Balaban J connectivity index is 1.80. The Labute approximate surface area is 172 Å². The minimum atomic E-state index is -0.283. The Bertz CT molecular complexity index is 994. The Morgan fingerprint density at radius 1 is 1.00 bits per heavy atom. The number of thiocarbonyl (C=S) groups is 1. The Hall–Kier alpha value is -1.47. The fourth-order valence-corrected chi connectivity index (χ4v) is 3.81. The Morgan fingerprint density at radius 2 is 1.72 bits per heavy atom. The molecule has 0 bridgehead atoms. The van der Waals surface area contributed by atoms with Crippen molar-refractivity contribution in [3.8, 4) is 0 Å². The van der Waals surface area contributed by atoms with Crippen LogP contribution in [0.3, 0.4) is 0 Å². The maximum Gasteiger partial charge on any atom is 0.258 e. The van der Waals surface area contributed by atoms with Crippen molar-refractivity contribution in [3.63, 3.8) is 0 Å². The molecule has 0 saturated heterocycles. The zero-order valence-electron chi connectivity index (χ0n) is 12.6. The van der Waals surface area contributed by atoms with Crippen molar-refractivity contribution in [3.05, 3.63) is 74.1 Å². The molecule has 3 nitrogen and oxygen atoms in total. The molecule has 0 aliphatic rings. The highest BCUT2D eigenvalue weighted by molar-refractivity contribution is 9.11. The second-order valence-corrected chi connectivity index (χ2v) is 7.76. The standard InChI is InChI=1S/C18H11Br2ClN2OS/c19-10-7-8-16(15(21)9-10)22-18(25)23-17(24)13-5-1-4-12-11(13)3-2-6-14(12)20/h1-9H,(H2,22,23,24,25). The van der Waals surface area contributed by atoms with E-state index < -0.39 is 0 Å².